The zero-order valence-corrected chi connectivity index (χ0v) is 16.5. The van der Waals surface area contributed by atoms with Gasteiger partial charge in [0.25, 0.3) is 6.10 Å². The molecule has 0 atom stereocenters. The van der Waals surface area contributed by atoms with Crippen molar-refractivity contribution in [2.45, 2.75) is 61.7 Å². The zero-order chi connectivity index (χ0) is 25.4. The van der Waals surface area contributed by atoms with Crippen LogP contribution in [0.15, 0.2) is 5.34 Å². The third-order valence-corrected chi connectivity index (χ3v) is 7.99. The first-order valence-corrected chi connectivity index (χ1v) is 10.4. The summed E-state index contributed by atoms with van der Waals surface area (Å²) in [5, 5.41) is -4.07. The van der Waals surface area contributed by atoms with Crippen LogP contribution in [0.3, 0.4) is 0 Å². The molecule has 32 heavy (non-hydrogen) atoms. The Kier molecular flexibility index (Phi) is 7.96. The van der Waals surface area contributed by atoms with Crippen molar-refractivity contribution in [2.24, 2.45) is 11.3 Å². The highest BCUT2D eigenvalue weighted by Crippen LogP contribution is 2.71. The second kappa shape index (κ2) is 8.96. The molecule has 0 aromatic carbocycles. The van der Waals surface area contributed by atoms with Crippen LogP contribution < -0.4 is 0 Å². The highest BCUT2D eigenvalue weighted by atomic mass is 32.3. The van der Waals surface area contributed by atoms with E-state index in [0.717, 1.165) is 0 Å². The van der Waals surface area contributed by atoms with Crippen molar-refractivity contribution in [1.82, 2.24) is 0 Å². The number of nitrogens with zero attached hydrogens (tertiary/aromatic N) is 1. The maximum absolute atomic E-state index is 14.5. The lowest BCUT2D eigenvalue weighted by atomic mass is 10.0. The van der Waals surface area contributed by atoms with Gasteiger partial charge in [-0.3, -0.25) is 4.79 Å². The number of hydrogen-bond donors (Lipinski definition) is 0. The summed E-state index contributed by atoms with van der Waals surface area (Å²) in [6, 6.07) is 0. The van der Waals surface area contributed by atoms with E-state index in [1.54, 1.807) is 5.34 Å². The van der Waals surface area contributed by atoms with Crippen molar-refractivity contribution in [1.29, 1.82) is 0 Å². The normalized spacial score (nSPS) is 25.8. The molecule has 0 N–H and O–H groups in total. The topological polar surface area (TPSA) is 65.0 Å². The third-order valence-electron chi connectivity index (χ3n) is 4.66. The van der Waals surface area contributed by atoms with Gasteiger partial charge in [0, 0.05) is 28.2 Å². The summed E-state index contributed by atoms with van der Waals surface area (Å²) in [5.41, 5.74) is 0. The smallest absolute Gasteiger partial charge is 0.434 e. The molecule has 1 fully saturated rings. The molecule has 0 amide bonds. The summed E-state index contributed by atoms with van der Waals surface area (Å²) in [6.07, 6.45) is -20.6. The minimum absolute atomic E-state index is 0.468. The fourth-order valence-corrected chi connectivity index (χ4v) is 5.81. The fraction of sp³-hybridized carbons (Fsp3) is 0.929. The van der Waals surface area contributed by atoms with Crippen LogP contribution in [0.1, 0.15) is 26.2 Å². The van der Waals surface area contributed by atoms with Gasteiger partial charge in [-0.05, 0) is 12.8 Å². The second-order valence-corrected chi connectivity index (χ2v) is 9.79. The molecular formula is C14H15F12NO4S. The lowest BCUT2D eigenvalue weighted by Crippen LogP contribution is -2.57. The van der Waals surface area contributed by atoms with Crippen LogP contribution in [0.4, 0.5) is 52.7 Å². The van der Waals surface area contributed by atoms with Gasteiger partial charge in [-0.1, -0.05) is 6.92 Å². The Labute approximate surface area is 173 Å². The molecule has 0 aromatic heterocycles. The summed E-state index contributed by atoms with van der Waals surface area (Å²) in [6.45, 7) is 0.468. The van der Waals surface area contributed by atoms with Gasteiger partial charge < -0.3 is 9.02 Å². The van der Waals surface area contributed by atoms with Crippen LogP contribution in [0.25, 0.3) is 0 Å². The van der Waals surface area contributed by atoms with Crippen molar-refractivity contribution < 1.29 is 66.5 Å². The Morgan fingerprint density at radius 2 is 1.38 bits per heavy atom. The van der Waals surface area contributed by atoms with Crippen molar-refractivity contribution >= 4 is 16.3 Å². The van der Waals surface area contributed by atoms with Gasteiger partial charge in [0.1, 0.15) is 0 Å². The van der Waals surface area contributed by atoms with Crippen LogP contribution in [-0.2, 0) is 13.8 Å². The van der Waals surface area contributed by atoms with Gasteiger partial charge in [-0.2, -0.15) is 52.7 Å². The summed E-state index contributed by atoms with van der Waals surface area (Å²) in [7, 11) is -4.82. The standard InChI is InChI=1S/C14H15F12NO4S/c1-2-10(15,16)13(23,24)14(25,26)32(31-27-29)5-3-7(4-6-32)8(28)30-9(11(17,18)19)12(20,21)22/h7,9H,2-6H2,1H3. The highest BCUT2D eigenvalue weighted by Gasteiger charge is 2.78. The number of alkyl halides is 12. The van der Waals surface area contributed by atoms with E-state index >= 15 is 0 Å². The molecule has 0 bridgehead atoms. The molecule has 0 aromatic rings. The van der Waals surface area contributed by atoms with Crippen LogP contribution in [-0.4, -0.2) is 53.0 Å². The predicted molar refractivity (Wildman–Crippen MR) is 84.1 cm³/mol. The number of esters is 1. The monoisotopic (exact) mass is 521 g/mol. The van der Waals surface area contributed by atoms with Crippen LogP contribution in [0.2, 0.25) is 0 Å². The van der Waals surface area contributed by atoms with Crippen molar-refractivity contribution in [3.8, 4) is 0 Å². The first-order chi connectivity index (χ1) is 14.2. The fourth-order valence-electron chi connectivity index (χ4n) is 2.78. The average Bonchev–Trinajstić information content (AvgIpc) is 2.64. The van der Waals surface area contributed by atoms with Crippen LogP contribution in [0.5, 0.6) is 0 Å². The molecule has 0 radical (unpaired) electrons. The lowest BCUT2D eigenvalue weighted by Gasteiger charge is -2.48. The number of rotatable bonds is 8. The van der Waals surface area contributed by atoms with Crippen LogP contribution in [0, 0.1) is 10.8 Å². The molecule has 1 aliphatic heterocycles. The van der Waals surface area contributed by atoms with Crippen molar-refractivity contribution in [2.75, 3.05) is 11.5 Å². The third kappa shape index (κ3) is 5.13. The van der Waals surface area contributed by atoms with Crippen molar-refractivity contribution in [3.63, 3.8) is 0 Å². The molecule has 0 aliphatic carbocycles. The van der Waals surface area contributed by atoms with E-state index in [-0.39, 0.29) is 0 Å². The summed E-state index contributed by atoms with van der Waals surface area (Å²) in [4.78, 5) is 22.1. The van der Waals surface area contributed by atoms with Crippen LogP contribution >= 0.6 is 10.3 Å². The first kappa shape index (κ1) is 28.4. The zero-order valence-electron chi connectivity index (χ0n) is 15.7. The minimum Gasteiger partial charge on any atom is -0.443 e. The molecule has 1 heterocycles. The van der Waals surface area contributed by atoms with Gasteiger partial charge in [0.2, 0.25) is 0 Å². The molecule has 5 nitrogen and oxygen atoms in total. The predicted octanol–water partition coefficient (Wildman–Crippen LogP) is 6.12. The molecule has 1 saturated heterocycles. The lowest BCUT2D eigenvalue weighted by molar-refractivity contribution is -0.314. The van der Waals surface area contributed by atoms with Gasteiger partial charge in [0.15, 0.2) is 5.34 Å². The maximum atomic E-state index is 14.5. The molecule has 1 rings (SSSR count). The first-order valence-electron chi connectivity index (χ1n) is 8.47. The molecule has 0 spiro atoms. The van der Waals surface area contributed by atoms with E-state index in [2.05, 4.69) is 9.02 Å². The number of hydrogen-bond acceptors (Lipinski definition) is 5. The Bertz CT molecular complexity index is 674. The van der Waals surface area contributed by atoms with E-state index < -0.39 is 88.5 Å². The number of ether oxygens (including phenoxy) is 1. The highest BCUT2D eigenvalue weighted by molar-refractivity contribution is 8.30. The van der Waals surface area contributed by atoms with Gasteiger partial charge >= 0.3 is 35.4 Å². The Balaban J connectivity index is 3.13. The quantitative estimate of drug-likeness (QED) is 0.167. The van der Waals surface area contributed by atoms with Crippen molar-refractivity contribution in [3.05, 3.63) is 4.91 Å². The minimum atomic E-state index is -6.07. The molecule has 0 saturated carbocycles. The van der Waals surface area contributed by atoms with Gasteiger partial charge in [-0.15, -0.1) is 4.91 Å². The summed E-state index contributed by atoms with van der Waals surface area (Å²) < 4.78 is 166. The Hall–Kier alpha value is -1.62. The molecule has 190 valence electrons. The largest absolute Gasteiger partial charge is 0.443 e. The van der Waals surface area contributed by atoms with E-state index in [9.17, 15) is 62.4 Å². The maximum Gasteiger partial charge on any atom is 0.434 e. The molecule has 18 heteroatoms. The van der Waals surface area contributed by atoms with E-state index in [1.807, 2.05) is 0 Å². The van der Waals surface area contributed by atoms with E-state index in [4.69, 9.17) is 0 Å². The average molecular weight is 521 g/mol. The Morgan fingerprint density at radius 1 is 0.938 bits per heavy atom. The summed E-state index contributed by atoms with van der Waals surface area (Å²) >= 11 is 0. The number of halogens is 12. The molecule has 1 aliphatic rings. The van der Waals surface area contributed by atoms with Gasteiger partial charge in [-0.25, -0.2) is 0 Å². The second-order valence-electron chi connectivity index (χ2n) is 6.69. The molecule has 0 unspecified atom stereocenters. The number of carbonyl (C=O) groups is 1. The summed E-state index contributed by atoms with van der Waals surface area (Å²) in [5.74, 6) is -18.2. The number of carbonyl (C=O) groups excluding carboxylic acids is 1. The Morgan fingerprint density at radius 3 is 1.72 bits per heavy atom. The van der Waals surface area contributed by atoms with E-state index in [0.29, 0.717) is 6.92 Å². The SMILES string of the molecule is CCC(F)(F)C(F)(F)C(F)(F)S1(ON=O)CCC(C(=O)OC(C(F)(F)F)C(F)(F)F)CC1. The molecular weight excluding hydrogens is 506 g/mol. The van der Waals surface area contributed by atoms with Gasteiger partial charge in [0.05, 0.1) is 5.92 Å². The van der Waals surface area contributed by atoms with E-state index in [1.165, 1.54) is 0 Å².